The predicted octanol–water partition coefficient (Wildman–Crippen LogP) is 6.46. The van der Waals surface area contributed by atoms with E-state index in [0.29, 0.717) is 44.6 Å². The molecule has 3 N–H and O–H groups in total. The molecule has 0 bridgehead atoms. The number of rotatable bonds is 7. The van der Waals surface area contributed by atoms with Crippen LogP contribution in [0.2, 0.25) is 5.02 Å². The topological polar surface area (TPSA) is 103 Å². The summed E-state index contributed by atoms with van der Waals surface area (Å²) in [6.45, 7) is 3.68. The number of nitrogens with zero attached hydrogens (tertiary/aromatic N) is 1. The molecule has 1 amide bonds. The second kappa shape index (κ2) is 11.4. The van der Waals surface area contributed by atoms with Gasteiger partial charge in [-0.3, -0.25) is 4.79 Å². The Balaban J connectivity index is 1.66. The van der Waals surface area contributed by atoms with Gasteiger partial charge in [-0.15, -0.1) is 0 Å². The molecule has 0 fully saturated rings. The van der Waals surface area contributed by atoms with Gasteiger partial charge in [-0.05, 0) is 61.9 Å². The van der Waals surface area contributed by atoms with Crippen molar-refractivity contribution in [3.05, 3.63) is 101 Å². The number of nitrogens with two attached hydrogens (primary N) is 1. The van der Waals surface area contributed by atoms with Crippen LogP contribution in [0.1, 0.15) is 41.4 Å². The zero-order chi connectivity index (χ0) is 30.2. The van der Waals surface area contributed by atoms with Gasteiger partial charge in [0.25, 0.3) is 5.91 Å². The minimum Gasteiger partial charge on any atom is -0.496 e. The molecule has 4 aromatic carbocycles. The fourth-order valence-electron chi connectivity index (χ4n) is 5.35. The summed E-state index contributed by atoms with van der Waals surface area (Å²) in [5.41, 5.74) is 10.9. The average Bonchev–Trinajstić information content (AvgIpc) is 2.99. The van der Waals surface area contributed by atoms with E-state index in [1.165, 1.54) is 0 Å². The fraction of sp³-hybridized carbons (Fsp3) is 0.212. The fourth-order valence-corrected chi connectivity index (χ4v) is 5.54. The first-order valence-electron chi connectivity index (χ1n) is 13.3. The first kappa shape index (κ1) is 29.0. The van der Waals surface area contributed by atoms with Crippen LogP contribution in [0, 0.1) is 0 Å². The zero-order valence-corrected chi connectivity index (χ0v) is 24.8. The Morgan fingerprint density at radius 2 is 1.64 bits per heavy atom. The second-order valence-corrected chi connectivity index (χ2v) is 11.0. The third kappa shape index (κ3) is 5.26. The molecule has 0 spiro atoms. The summed E-state index contributed by atoms with van der Waals surface area (Å²) in [5.74, 6) is 0.731. The minimum atomic E-state index is -0.804. The van der Waals surface area contributed by atoms with Crippen LogP contribution in [-0.4, -0.2) is 38.7 Å². The summed E-state index contributed by atoms with van der Waals surface area (Å²) in [4.78, 5) is 27.8. The highest BCUT2D eigenvalue weighted by Gasteiger charge is 2.40. The summed E-state index contributed by atoms with van der Waals surface area (Å²) < 4.78 is 17.1. The zero-order valence-electron chi connectivity index (χ0n) is 24.0. The number of halogens is 1. The first-order chi connectivity index (χ1) is 20.1. The van der Waals surface area contributed by atoms with Gasteiger partial charge in [0.2, 0.25) is 0 Å². The number of likely N-dealkylation sites (N-methyl/N-ethyl adjacent to an activating group) is 1. The normalized spacial score (nSPS) is 14.5. The largest absolute Gasteiger partial charge is 0.496 e. The quantitative estimate of drug-likeness (QED) is 0.189. The number of esters is 1. The van der Waals surface area contributed by atoms with Gasteiger partial charge in [0.15, 0.2) is 0 Å². The maximum atomic E-state index is 13.4. The van der Waals surface area contributed by atoms with E-state index in [1.807, 2.05) is 56.3 Å². The number of ether oxygens (including phenoxy) is 3. The molecular formula is C33H32ClN3O5. The highest BCUT2D eigenvalue weighted by Crippen LogP contribution is 2.48. The number of benzene rings is 4. The Morgan fingerprint density at radius 1 is 0.929 bits per heavy atom. The van der Waals surface area contributed by atoms with E-state index in [0.717, 1.165) is 16.8 Å². The lowest BCUT2D eigenvalue weighted by Gasteiger charge is -2.40. The Labute approximate surface area is 249 Å². The van der Waals surface area contributed by atoms with Gasteiger partial charge in [-0.1, -0.05) is 41.9 Å². The van der Waals surface area contributed by atoms with Crippen LogP contribution in [0.25, 0.3) is 11.1 Å². The molecule has 0 radical (unpaired) electrons. The van der Waals surface area contributed by atoms with Crippen LogP contribution >= 0.6 is 11.6 Å². The number of para-hydroxylation sites is 1. The van der Waals surface area contributed by atoms with E-state index < -0.39 is 17.6 Å². The van der Waals surface area contributed by atoms with Crippen molar-refractivity contribution in [3.63, 3.8) is 0 Å². The average molecular weight is 586 g/mol. The van der Waals surface area contributed by atoms with Gasteiger partial charge in [0, 0.05) is 34.8 Å². The van der Waals surface area contributed by atoms with Crippen LogP contribution in [-0.2, 0) is 4.79 Å². The molecule has 0 aromatic heterocycles. The summed E-state index contributed by atoms with van der Waals surface area (Å²) in [6.07, 6.45) is 0. The maximum Gasteiger partial charge on any atom is 0.343 e. The van der Waals surface area contributed by atoms with Crippen molar-refractivity contribution in [2.24, 2.45) is 5.73 Å². The third-order valence-corrected chi connectivity index (χ3v) is 7.59. The van der Waals surface area contributed by atoms with Gasteiger partial charge in [0.1, 0.15) is 22.8 Å². The molecule has 0 aliphatic carbocycles. The third-order valence-electron chi connectivity index (χ3n) is 7.36. The first-order valence-corrected chi connectivity index (χ1v) is 13.7. The molecule has 1 heterocycles. The minimum absolute atomic E-state index is 0.101. The second-order valence-electron chi connectivity index (χ2n) is 10.5. The molecule has 1 unspecified atom stereocenters. The lowest BCUT2D eigenvalue weighted by Crippen LogP contribution is -2.52. The molecule has 4 aromatic rings. The van der Waals surface area contributed by atoms with Crippen molar-refractivity contribution in [1.82, 2.24) is 0 Å². The van der Waals surface area contributed by atoms with Crippen molar-refractivity contribution in [2.45, 2.75) is 25.4 Å². The van der Waals surface area contributed by atoms with Gasteiger partial charge >= 0.3 is 5.97 Å². The molecule has 8 nitrogen and oxygen atoms in total. The number of amides is 1. The van der Waals surface area contributed by atoms with E-state index in [9.17, 15) is 9.59 Å². The molecule has 9 heteroatoms. The van der Waals surface area contributed by atoms with Gasteiger partial charge in [-0.2, -0.15) is 0 Å². The Kier molecular flexibility index (Phi) is 7.86. The van der Waals surface area contributed by atoms with Gasteiger partial charge < -0.3 is 30.2 Å². The van der Waals surface area contributed by atoms with E-state index in [1.54, 1.807) is 62.6 Å². The number of carbonyl (C=O) groups excluding carboxylic acids is 2. The van der Waals surface area contributed by atoms with Crippen LogP contribution < -0.4 is 30.2 Å². The van der Waals surface area contributed by atoms with Crippen molar-refractivity contribution < 1.29 is 23.8 Å². The van der Waals surface area contributed by atoms with Crippen molar-refractivity contribution in [1.29, 1.82) is 0 Å². The number of fused-ring (bicyclic) bond motifs is 1. The SMILES string of the molecule is COc1cc(OC(=O)c2cccc(Cl)c2)ccc1-c1ccc2c(c1C(N)c1ccccc1OC)N(C)C(=O)C(C)(C)N2. The smallest absolute Gasteiger partial charge is 0.343 e. The number of methoxy groups -OCH3 is 2. The Bertz CT molecular complexity index is 1690. The molecule has 5 rings (SSSR count). The van der Waals surface area contributed by atoms with E-state index in [4.69, 9.17) is 31.5 Å². The van der Waals surface area contributed by atoms with Crippen LogP contribution in [0.4, 0.5) is 11.4 Å². The highest BCUT2D eigenvalue weighted by atomic mass is 35.5. The number of nitrogens with one attached hydrogen (secondary N) is 1. The molecule has 42 heavy (non-hydrogen) atoms. The molecule has 1 atom stereocenters. The van der Waals surface area contributed by atoms with E-state index in [-0.39, 0.29) is 5.91 Å². The standard InChI is InChI=1S/C33H32ClN3O5/c1-33(2)32(39)37(3)30-25(36-33)16-15-23(28(30)29(35)24-11-6-7-12-26(24)40-4)22-14-13-21(18-27(22)41-5)42-31(38)19-9-8-10-20(34)17-19/h6-18,29,36H,35H2,1-5H3. The lowest BCUT2D eigenvalue weighted by atomic mass is 9.86. The summed E-state index contributed by atoms with van der Waals surface area (Å²) in [7, 11) is 4.89. The number of hydrogen-bond donors (Lipinski definition) is 2. The van der Waals surface area contributed by atoms with Crippen LogP contribution in [0.5, 0.6) is 17.2 Å². The predicted molar refractivity (Wildman–Crippen MR) is 165 cm³/mol. The summed E-state index contributed by atoms with van der Waals surface area (Å²) in [6, 6.07) is 22.4. The van der Waals surface area contributed by atoms with Crippen molar-refractivity contribution >= 4 is 34.9 Å². The molecular weight excluding hydrogens is 554 g/mol. The Morgan fingerprint density at radius 3 is 2.36 bits per heavy atom. The molecule has 216 valence electrons. The van der Waals surface area contributed by atoms with E-state index in [2.05, 4.69) is 5.32 Å². The van der Waals surface area contributed by atoms with Gasteiger partial charge in [-0.25, -0.2) is 4.79 Å². The Hall–Kier alpha value is -4.53. The highest BCUT2D eigenvalue weighted by molar-refractivity contribution is 6.30. The monoisotopic (exact) mass is 585 g/mol. The summed E-state index contributed by atoms with van der Waals surface area (Å²) >= 11 is 6.04. The molecule has 1 aliphatic rings. The molecule has 0 saturated heterocycles. The van der Waals surface area contributed by atoms with Crippen LogP contribution in [0.15, 0.2) is 78.9 Å². The van der Waals surface area contributed by atoms with Gasteiger partial charge in [0.05, 0.1) is 37.2 Å². The van der Waals surface area contributed by atoms with Crippen molar-refractivity contribution in [3.8, 4) is 28.4 Å². The lowest BCUT2D eigenvalue weighted by molar-refractivity contribution is -0.121. The summed E-state index contributed by atoms with van der Waals surface area (Å²) in [5, 5.41) is 3.81. The van der Waals surface area contributed by atoms with Crippen LogP contribution in [0.3, 0.4) is 0 Å². The molecule has 1 aliphatic heterocycles. The number of hydrogen-bond acceptors (Lipinski definition) is 7. The number of carbonyl (C=O) groups is 2. The molecule has 0 saturated carbocycles. The maximum absolute atomic E-state index is 13.4. The van der Waals surface area contributed by atoms with Crippen molar-refractivity contribution in [2.75, 3.05) is 31.5 Å². The number of anilines is 2. The van der Waals surface area contributed by atoms with E-state index >= 15 is 0 Å².